The lowest BCUT2D eigenvalue weighted by Gasteiger charge is -2.35. The maximum Gasteiger partial charge on any atom is 0.325 e. The molecule has 1 aromatic heterocycles. The minimum absolute atomic E-state index is 0.0345. The van der Waals surface area contributed by atoms with E-state index in [-0.39, 0.29) is 36.4 Å². The quantitative estimate of drug-likeness (QED) is 0.551. The zero-order valence-electron chi connectivity index (χ0n) is 22.5. The van der Waals surface area contributed by atoms with E-state index in [1.807, 2.05) is 51.2 Å². The Bertz CT molecular complexity index is 1190. The van der Waals surface area contributed by atoms with E-state index >= 15 is 0 Å². The molecular formula is C28H37N5O5. The maximum atomic E-state index is 13.1. The van der Waals surface area contributed by atoms with Gasteiger partial charge in [0.05, 0.1) is 6.20 Å². The first-order valence-corrected chi connectivity index (χ1v) is 13.3. The first kappa shape index (κ1) is 27.5. The number of Topliss-reactive ketones (excluding diaryl/α,β-unsaturated/α-hetero) is 1. The fourth-order valence-corrected chi connectivity index (χ4v) is 4.88. The molecular weight excluding hydrogens is 486 g/mol. The van der Waals surface area contributed by atoms with E-state index in [1.54, 1.807) is 17.8 Å². The Labute approximate surface area is 223 Å². The number of nitrogens with one attached hydrogen (secondary N) is 2. The summed E-state index contributed by atoms with van der Waals surface area (Å²) in [6.45, 7) is 8.03. The number of hydrogen-bond acceptors (Lipinski definition) is 7. The lowest BCUT2D eigenvalue weighted by molar-refractivity contribution is -0.157. The van der Waals surface area contributed by atoms with Crippen molar-refractivity contribution in [2.24, 2.45) is 11.8 Å². The van der Waals surface area contributed by atoms with E-state index in [0.717, 1.165) is 16.7 Å². The lowest BCUT2D eigenvalue weighted by atomic mass is 9.89. The molecule has 204 valence electrons. The number of benzene rings is 1. The van der Waals surface area contributed by atoms with Crippen LogP contribution in [-0.4, -0.2) is 57.0 Å². The Kier molecular flexibility index (Phi) is 8.61. The van der Waals surface area contributed by atoms with Gasteiger partial charge in [-0.25, -0.2) is 5.43 Å². The van der Waals surface area contributed by atoms with Crippen LogP contribution in [0.1, 0.15) is 65.0 Å². The molecule has 1 fully saturated rings. The van der Waals surface area contributed by atoms with E-state index in [4.69, 9.17) is 4.74 Å². The molecule has 0 aliphatic carbocycles. The fourth-order valence-electron chi connectivity index (χ4n) is 4.88. The van der Waals surface area contributed by atoms with Gasteiger partial charge in [-0.1, -0.05) is 32.0 Å². The predicted molar refractivity (Wildman–Crippen MR) is 140 cm³/mol. The molecule has 3 heterocycles. The first-order chi connectivity index (χ1) is 18.1. The van der Waals surface area contributed by atoms with Gasteiger partial charge < -0.3 is 10.1 Å². The minimum atomic E-state index is -0.820. The van der Waals surface area contributed by atoms with Crippen LogP contribution in [0, 0.1) is 11.8 Å². The van der Waals surface area contributed by atoms with Crippen LogP contribution in [0.3, 0.4) is 0 Å². The summed E-state index contributed by atoms with van der Waals surface area (Å²) in [5.41, 5.74) is 5.64. The summed E-state index contributed by atoms with van der Waals surface area (Å²) in [6.07, 6.45) is 4.63. The number of cyclic esters (lactones) is 1. The number of amides is 2. The van der Waals surface area contributed by atoms with Crippen molar-refractivity contribution >= 4 is 23.6 Å². The van der Waals surface area contributed by atoms with Crippen LogP contribution < -0.4 is 10.7 Å². The highest BCUT2D eigenvalue weighted by Gasteiger charge is 2.34. The van der Waals surface area contributed by atoms with Crippen molar-refractivity contribution in [1.29, 1.82) is 0 Å². The van der Waals surface area contributed by atoms with Crippen molar-refractivity contribution < 1.29 is 23.9 Å². The predicted octanol–water partition coefficient (Wildman–Crippen LogP) is 2.79. The fraction of sp³-hybridized carbons (Fsp3) is 0.536. The standard InChI is InChI=1S/C28H37N5O5/c1-17(2)24-14-23(34)10-12-32-16-22(15-29-32)21-8-5-7-20(13-21)19(4)38-28(37)25-9-6-11-33(31-25)27(36)18(3)30-26(24)35/h5,7-8,13,15-19,24-25,31H,6,9-12,14H2,1-4H3,(H,30,35)/t18-,19+,24-,25-/m0/s1. The zero-order valence-corrected chi connectivity index (χ0v) is 22.5. The van der Waals surface area contributed by atoms with Crippen LogP contribution in [0.5, 0.6) is 0 Å². The molecule has 0 radical (unpaired) electrons. The van der Waals surface area contributed by atoms with Crippen LogP contribution in [0.2, 0.25) is 0 Å². The van der Waals surface area contributed by atoms with Crippen molar-refractivity contribution in [1.82, 2.24) is 25.5 Å². The van der Waals surface area contributed by atoms with Crippen molar-refractivity contribution in [3.63, 3.8) is 0 Å². The Morgan fingerprint density at radius 2 is 1.87 bits per heavy atom. The second-order valence-corrected chi connectivity index (χ2v) is 10.6. The second kappa shape index (κ2) is 11.9. The summed E-state index contributed by atoms with van der Waals surface area (Å²) in [5, 5.41) is 8.57. The van der Waals surface area contributed by atoms with Gasteiger partial charge in [0.2, 0.25) is 5.91 Å². The number of carbonyl (C=O) groups is 4. The molecule has 1 aromatic carbocycles. The molecule has 0 unspecified atom stereocenters. The highest BCUT2D eigenvalue weighted by atomic mass is 16.5. The molecule has 0 spiro atoms. The molecule has 6 bridgehead atoms. The molecule has 2 aliphatic rings. The number of aromatic nitrogens is 2. The Balaban J connectivity index is 1.61. The molecule has 2 N–H and O–H groups in total. The normalized spacial score (nSPS) is 26.0. The lowest BCUT2D eigenvalue weighted by Crippen LogP contribution is -2.59. The average Bonchev–Trinajstić information content (AvgIpc) is 3.38. The van der Waals surface area contributed by atoms with E-state index in [0.29, 0.717) is 25.9 Å². The summed E-state index contributed by atoms with van der Waals surface area (Å²) in [5.74, 6) is -1.78. The van der Waals surface area contributed by atoms with Gasteiger partial charge in [0, 0.05) is 43.6 Å². The highest BCUT2D eigenvalue weighted by Crippen LogP contribution is 2.26. The summed E-state index contributed by atoms with van der Waals surface area (Å²) >= 11 is 0. The molecule has 4 rings (SSSR count). The van der Waals surface area contributed by atoms with E-state index in [2.05, 4.69) is 15.8 Å². The van der Waals surface area contributed by atoms with E-state index in [9.17, 15) is 19.2 Å². The molecule has 2 aromatic rings. The van der Waals surface area contributed by atoms with Crippen LogP contribution >= 0.6 is 0 Å². The average molecular weight is 524 g/mol. The summed E-state index contributed by atoms with van der Waals surface area (Å²) in [4.78, 5) is 52.0. The SMILES string of the molecule is CC(C)[C@@H]1CC(=O)CCn2cc(cn2)-c2cccc(c2)[C@@H](C)OC(=O)[C@@H]2CCCN(N2)C(=O)[C@H](C)NC1=O. The largest absolute Gasteiger partial charge is 0.457 e. The van der Waals surface area contributed by atoms with Gasteiger partial charge in [-0.2, -0.15) is 5.10 Å². The molecule has 1 saturated heterocycles. The third-order valence-electron chi connectivity index (χ3n) is 7.29. The summed E-state index contributed by atoms with van der Waals surface area (Å²) in [6, 6.07) is 6.23. The van der Waals surface area contributed by atoms with E-state index in [1.165, 1.54) is 5.01 Å². The van der Waals surface area contributed by atoms with Crippen molar-refractivity contribution in [2.75, 3.05) is 6.54 Å². The monoisotopic (exact) mass is 523 g/mol. The number of nitrogens with zero attached hydrogens (tertiary/aromatic N) is 3. The van der Waals surface area contributed by atoms with Gasteiger partial charge in [0.1, 0.15) is 24.0 Å². The number of aryl methyl sites for hydroxylation is 1. The molecule has 2 amide bonds. The Morgan fingerprint density at radius 3 is 2.63 bits per heavy atom. The van der Waals surface area contributed by atoms with Gasteiger partial charge >= 0.3 is 5.97 Å². The molecule has 10 heteroatoms. The number of ether oxygens (including phenoxy) is 1. The number of hydrazine groups is 1. The van der Waals surface area contributed by atoms with Crippen LogP contribution in [0.4, 0.5) is 0 Å². The van der Waals surface area contributed by atoms with Crippen LogP contribution in [-0.2, 0) is 30.5 Å². The van der Waals surface area contributed by atoms with Crippen molar-refractivity contribution in [3.8, 4) is 11.1 Å². The molecule has 0 saturated carbocycles. The number of hydrogen-bond donors (Lipinski definition) is 2. The Hall–Kier alpha value is -3.53. The second-order valence-electron chi connectivity index (χ2n) is 10.6. The van der Waals surface area contributed by atoms with Crippen molar-refractivity contribution in [3.05, 3.63) is 42.2 Å². The highest BCUT2D eigenvalue weighted by molar-refractivity contribution is 5.91. The minimum Gasteiger partial charge on any atom is -0.457 e. The molecule has 4 atom stereocenters. The van der Waals surface area contributed by atoms with Gasteiger partial charge in [-0.3, -0.25) is 28.9 Å². The van der Waals surface area contributed by atoms with Crippen molar-refractivity contribution in [2.45, 2.75) is 78.1 Å². The van der Waals surface area contributed by atoms with Crippen LogP contribution in [0.15, 0.2) is 36.7 Å². The third-order valence-corrected chi connectivity index (χ3v) is 7.29. The van der Waals surface area contributed by atoms with Gasteiger partial charge in [-0.05, 0) is 49.8 Å². The number of esters is 1. The number of carbonyl (C=O) groups excluding carboxylic acids is 4. The topological polar surface area (TPSA) is 123 Å². The van der Waals surface area contributed by atoms with Gasteiger partial charge in [-0.15, -0.1) is 0 Å². The summed E-state index contributed by atoms with van der Waals surface area (Å²) in [7, 11) is 0. The third kappa shape index (κ3) is 6.48. The van der Waals surface area contributed by atoms with Gasteiger partial charge in [0.25, 0.3) is 5.91 Å². The van der Waals surface area contributed by atoms with Gasteiger partial charge in [0.15, 0.2) is 0 Å². The first-order valence-electron chi connectivity index (χ1n) is 13.3. The number of ketones is 1. The smallest absolute Gasteiger partial charge is 0.325 e. The molecule has 10 nitrogen and oxygen atoms in total. The maximum absolute atomic E-state index is 13.1. The van der Waals surface area contributed by atoms with E-state index < -0.39 is 30.1 Å². The van der Waals surface area contributed by atoms with Crippen LogP contribution in [0.25, 0.3) is 11.1 Å². The number of rotatable bonds is 1. The zero-order chi connectivity index (χ0) is 27.4. The molecule has 2 aliphatic heterocycles. The molecule has 38 heavy (non-hydrogen) atoms. The summed E-state index contributed by atoms with van der Waals surface area (Å²) < 4.78 is 7.49. The Morgan fingerprint density at radius 1 is 1.08 bits per heavy atom. The number of fused-ring (bicyclic) bond motifs is 7.